The molecule has 1 aliphatic rings. The minimum atomic E-state index is 0.309. The molecule has 0 saturated heterocycles. The fraction of sp³-hybridized carbons (Fsp3) is 0.500. The smallest absolute Gasteiger partial charge is 0.0905 e. The maximum absolute atomic E-state index is 7.20. The average Bonchev–Trinajstić information content (AvgIpc) is 2.34. The molecule has 0 aliphatic carbocycles. The number of unbranched alkanes of at least 4 members (excludes halogenated alkanes) is 1. The van der Waals surface area contributed by atoms with Crippen molar-refractivity contribution in [1.82, 2.24) is 0 Å². The first kappa shape index (κ1) is 12.0. The highest BCUT2D eigenvalue weighted by Gasteiger charge is 2.15. The van der Waals surface area contributed by atoms with Crippen molar-refractivity contribution >= 4 is 11.5 Å². The van der Waals surface area contributed by atoms with Crippen molar-refractivity contribution in [3.8, 4) is 0 Å². The van der Waals surface area contributed by atoms with Crippen LogP contribution in [0.2, 0.25) is 0 Å². The second kappa shape index (κ2) is 5.71. The van der Waals surface area contributed by atoms with E-state index in [0.717, 1.165) is 32.4 Å². The monoisotopic (exact) mass is 231 g/mol. The van der Waals surface area contributed by atoms with E-state index in [2.05, 4.69) is 29.2 Å². The second-order valence-electron chi connectivity index (χ2n) is 4.70. The highest BCUT2D eigenvalue weighted by Crippen LogP contribution is 2.26. The average molecular weight is 231 g/mol. The van der Waals surface area contributed by atoms with E-state index >= 15 is 0 Å². The third-order valence-electron chi connectivity index (χ3n) is 3.33. The van der Waals surface area contributed by atoms with Gasteiger partial charge in [0.15, 0.2) is 0 Å². The number of para-hydroxylation sites is 1. The van der Waals surface area contributed by atoms with Crippen molar-refractivity contribution < 1.29 is 0 Å². The van der Waals surface area contributed by atoms with Gasteiger partial charge in [-0.05, 0) is 37.3 Å². The number of rotatable bonds is 5. The second-order valence-corrected chi connectivity index (χ2v) is 4.70. The van der Waals surface area contributed by atoms with Gasteiger partial charge in [-0.3, -0.25) is 5.41 Å². The lowest BCUT2D eigenvalue weighted by molar-refractivity contribution is 0.650. The van der Waals surface area contributed by atoms with E-state index in [1.54, 1.807) is 0 Å². The Bertz CT molecular complexity index is 387. The Kier molecular flexibility index (Phi) is 4.02. The van der Waals surface area contributed by atoms with Crippen LogP contribution >= 0.6 is 0 Å². The molecule has 0 fully saturated rings. The summed E-state index contributed by atoms with van der Waals surface area (Å²) in [5, 5.41) is 7.20. The number of benzene rings is 1. The number of aryl methyl sites for hydroxylation is 1. The van der Waals surface area contributed by atoms with Gasteiger partial charge in [-0.15, -0.1) is 0 Å². The molecule has 1 aliphatic heterocycles. The lowest BCUT2D eigenvalue weighted by Crippen LogP contribution is -2.30. The summed E-state index contributed by atoms with van der Waals surface area (Å²) in [5.41, 5.74) is 8.24. The minimum Gasteiger partial charge on any atom is -0.388 e. The molecule has 0 radical (unpaired) electrons. The molecule has 3 nitrogen and oxygen atoms in total. The van der Waals surface area contributed by atoms with Crippen LogP contribution in [0, 0.1) is 5.41 Å². The summed E-state index contributed by atoms with van der Waals surface area (Å²) in [7, 11) is 0. The first-order valence-corrected chi connectivity index (χ1v) is 6.43. The first-order valence-electron chi connectivity index (χ1n) is 6.43. The summed E-state index contributed by atoms with van der Waals surface area (Å²) in [6.45, 7) is 2.25. The molecule has 2 rings (SSSR count). The molecule has 0 saturated carbocycles. The molecule has 0 bridgehead atoms. The Balaban J connectivity index is 1.88. The van der Waals surface area contributed by atoms with Crippen molar-refractivity contribution in [3.05, 3.63) is 29.8 Å². The van der Waals surface area contributed by atoms with Gasteiger partial charge in [0, 0.05) is 25.2 Å². The van der Waals surface area contributed by atoms with Crippen molar-refractivity contribution in [1.29, 1.82) is 5.41 Å². The minimum absolute atomic E-state index is 0.309. The van der Waals surface area contributed by atoms with Gasteiger partial charge in [0.05, 0.1) is 5.84 Å². The zero-order chi connectivity index (χ0) is 12.1. The summed E-state index contributed by atoms with van der Waals surface area (Å²) in [5.74, 6) is 0.309. The SMILES string of the molecule is N=C(N)CCCCN1CCCc2ccccc21. The number of hydrogen-bond donors (Lipinski definition) is 2. The first-order chi connectivity index (χ1) is 8.27. The third kappa shape index (κ3) is 3.22. The number of anilines is 1. The molecule has 0 aromatic heterocycles. The molecular weight excluding hydrogens is 210 g/mol. The van der Waals surface area contributed by atoms with Crippen LogP contribution < -0.4 is 10.6 Å². The van der Waals surface area contributed by atoms with Crippen molar-refractivity contribution in [3.63, 3.8) is 0 Å². The molecule has 17 heavy (non-hydrogen) atoms. The van der Waals surface area contributed by atoms with Gasteiger partial charge in [0.25, 0.3) is 0 Å². The van der Waals surface area contributed by atoms with Crippen molar-refractivity contribution in [2.75, 3.05) is 18.0 Å². The highest BCUT2D eigenvalue weighted by molar-refractivity contribution is 5.76. The summed E-state index contributed by atoms with van der Waals surface area (Å²) in [4.78, 5) is 2.47. The Morgan fingerprint density at radius 1 is 1.29 bits per heavy atom. The topological polar surface area (TPSA) is 53.1 Å². The zero-order valence-electron chi connectivity index (χ0n) is 10.3. The summed E-state index contributed by atoms with van der Waals surface area (Å²) >= 11 is 0. The molecule has 0 spiro atoms. The van der Waals surface area contributed by atoms with Crippen LogP contribution in [-0.4, -0.2) is 18.9 Å². The van der Waals surface area contributed by atoms with Crippen molar-refractivity contribution in [2.45, 2.75) is 32.1 Å². The van der Waals surface area contributed by atoms with Crippen LogP contribution in [0.4, 0.5) is 5.69 Å². The molecule has 1 aromatic carbocycles. The van der Waals surface area contributed by atoms with Gasteiger partial charge < -0.3 is 10.6 Å². The van der Waals surface area contributed by atoms with E-state index in [0.29, 0.717) is 5.84 Å². The maximum atomic E-state index is 7.20. The van der Waals surface area contributed by atoms with Crippen molar-refractivity contribution in [2.24, 2.45) is 5.73 Å². The highest BCUT2D eigenvalue weighted by atomic mass is 15.1. The number of amidine groups is 1. The Labute approximate surface area is 103 Å². The van der Waals surface area contributed by atoms with E-state index < -0.39 is 0 Å². The van der Waals surface area contributed by atoms with E-state index in [9.17, 15) is 0 Å². The van der Waals surface area contributed by atoms with Crippen LogP contribution in [0.15, 0.2) is 24.3 Å². The lowest BCUT2D eigenvalue weighted by atomic mass is 10.0. The Morgan fingerprint density at radius 3 is 2.94 bits per heavy atom. The van der Waals surface area contributed by atoms with E-state index in [1.807, 2.05) is 0 Å². The molecule has 1 heterocycles. The van der Waals surface area contributed by atoms with Crippen LogP contribution in [0.1, 0.15) is 31.2 Å². The van der Waals surface area contributed by atoms with Gasteiger partial charge in [0.2, 0.25) is 0 Å². The molecule has 3 N–H and O–H groups in total. The number of hydrogen-bond acceptors (Lipinski definition) is 2. The van der Waals surface area contributed by atoms with E-state index in [1.165, 1.54) is 24.1 Å². The molecule has 3 heteroatoms. The predicted molar refractivity (Wildman–Crippen MR) is 72.7 cm³/mol. The van der Waals surface area contributed by atoms with E-state index in [-0.39, 0.29) is 0 Å². The molecule has 1 aromatic rings. The number of nitrogens with two attached hydrogens (primary N) is 1. The number of nitrogens with zero attached hydrogens (tertiary/aromatic N) is 1. The van der Waals surface area contributed by atoms with Crippen LogP contribution in [0.5, 0.6) is 0 Å². The van der Waals surface area contributed by atoms with Crippen LogP contribution in [0.25, 0.3) is 0 Å². The van der Waals surface area contributed by atoms with Gasteiger partial charge in [-0.1, -0.05) is 18.2 Å². The van der Waals surface area contributed by atoms with E-state index in [4.69, 9.17) is 11.1 Å². The molecule has 0 atom stereocenters. The summed E-state index contributed by atoms with van der Waals surface area (Å²) in [6, 6.07) is 8.70. The van der Waals surface area contributed by atoms with Crippen LogP contribution in [-0.2, 0) is 6.42 Å². The van der Waals surface area contributed by atoms with Gasteiger partial charge in [0.1, 0.15) is 0 Å². The van der Waals surface area contributed by atoms with Gasteiger partial charge >= 0.3 is 0 Å². The fourth-order valence-corrected chi connectivity index (χ4v) is 2.46. The summed E-state index contributed by atoms with van der Waals surface area (Å²) < 4.78 is 0. The van der Waals surface area contributed by atoms with Gasteiger partial charge in [-0.2, -0.15) is 0 Å². The number of fused-ring (bicyclic) bond motifs is 1. The molecule has 0 amide bonds. The quantitative estimate of drug-likeness (QED) is 0.465. The predicted octanol–water partition coefficient (Wildman–Crippen LogP) is 2.55. The largest absolute Gasteiger partial charge is 0.388 e. The number of nitrogens with one attached hydrogen (secondary N) is 1. The molecule has 92 valence electrons. The zero-order valence-corrected chi connectivity index (χ0v) is 10.3. The standard InChI is InChI=1S/C14H21N3/c15-14(16)9-3-4-10-17-11-5-7-12-6-1-2-8-13(12)17/h1-2,6,8H,3-5,7,9-11H2,(H3,15,16). The summed E-state index contributed by atoms with van der Waals surface area (Å²) in [6.07, 6.45) is 5.33. The lowest BCUT2D eigenvalue weighted by Gasteiger charge is -2.31. The molecule has 0 unspecified atom stereocenters. The maximum Gasteiger partial charge on any atom is 0.0905 e. The third-order valence-corrected chi connectivity index (χ3v) is 3.33. The van der Waals surface area contributed by atoms with Crippen LogP contribution in [0.3, 0.4) is 0 Å². The Morgan fingerprint density at radius 2 is 2.12 bits per heavy atom. The fourth-order valence-electron chi connectivity index (χ4n) is 2.46. The Hall–Kier alpha value is -1.51. The normalized spacial score (nSPS) is 14.5. The van der Waals surface area contributed by atoms with Gasteiger partial charge in [-0.25, -0.2) is 0 Å². The molecular formula is C14H21N3.